The molecule has 0 saturated carbocycles. The largest absolute Gasteiger partial charge is 0.495 e. The van der Waals surface area contributed by atoms with Crippen LogP contribution in [0.1, 0.15) is 27.6 Å². The third kappa shape index (κ3) is 5.31. The summed E-state index contributed by atoms with van der Waals surface area (Å²) in [5, 5.41) is 5.32. The van der Waals surface area contributed by atoms with Crippen LogP contribution in [0.2, 0.25) is 0 Å². The Bertz CT molecular complexity index is 1420. The predicted molar refractivity (Wildman–Crippen MR) is 139 cm³/mol. The Hall–Kier alpha value is -4.63. The lowest BCUT2D eigenvalue weighted by molar-refractivity contribution is -0.120. The number of imide groups is 1. The first kappa shape index (κ1) is 25.5. The first-order valence-corrected chi connectivity index (χ1v) is 11.6. The molecule has 0 bridgehead atoms. The van der Waals surface area contributed by atoms with Crippen LogP contribution in [0.15, 0.2) is 83.5 Å². The summed E-state index contributed by atoms with van der Waals surface area (Å²) in [6.07, 6.45) is 0. The summed E-state index contributed by atoms with van der Waals surface area (Å²) in [6.45, 7) is 1.99. The summed E-state index contributed by atoms with van der Waals surface area (Å²) in [5.41, 5.74) is 1.65. The summed E-state index contributed by atoms with van der Waals surface area (Å²) in [5.74, 6) is -1.88. The van der Waals surface area contributed by atoms with Crippen LogP contribution in [0.4, 0.5) is 17.1 Å². The maximum absolute atomic E-state index is 13.1. The number of anilines is 3. The van der Waals surface area contributed by atoms with E-state index >= 15 is 0 Å². The molecular weight excluding hydrogens is 498 g/mol. The maximum atomic E-state index is 13.1. The van der Waals surface area contributed by atoms with Gasteiger partial charge in [-0.1, -0.05) is 29.8 Å². The van der Waals surface area contributed by atoms with Crippen LogP contribution in [-0.2, 0) is 14.3 Å². The van der Waals surface area contributed by atoms with Crippen molar-refractivity contribution >= 4 is 52.4 Å². The monoisotopic (exact) mass is 519 g/mol. The smallest absolute Gasteiger partial charge is 0.338 e. The minimum atomic E-state index is -0.696. The van der Waals surface area contributed by atoms with Crippen LogP contribution < -0.4 is 20.3 Å². The number of benzene rings is 3. The molecule has 10 heteroatoms. The summed E-state index contributed by atoms with van der Waals surface area (Å²) < 4.78 is 10.2. The standard InChI is InChI=1S/C27H22ClN3O6/c1-3-37-27(35)16-11-13-18(14-12-16)30-24(32)17-7-6-8-19(15-17)29-23-22(28)25(33)31(26(23)34)20-9-4-5-10-21(20)36-2/h4-15,29H,3H2,1-2H3,(H,30,32). The number of nitrogens with zero attached hydrogens (tertiary/aromatic N) is 1. The van der Waals surface area contributed by atoms with Gasteiger partial charge in [0, 0.05) is 16.9 Å². The van der Waals surface area contributed by atoms with E-state index in [4.69, 9.17) is 21.1 Å². The molecule has 2 N–H and O–H groups in total. The predicted octanol–water partition coefficient (Wildman–Crippen LogP) is 4.56. The SMILES string of the molecule is CCOC(=O)c1ccc(NC(=O)c2cccc(NC3=C(Cl)C(=O)N(c4ccccc4OC)C3=O)c2)cc1. The molecule has 9 nitrogen and oxygen atoms in total. The number of nitrogens with one attached hydrogen (secondary N) is 2. The van der Waals surface area contributed by atoms with Crippen molar-refractivity contribution in [3.63, 3.8) is 0 Å². The number of hydrogen-bond donors (Lipinski definition) is 2. The lowest BCUT2D eigenvalue weighted by atomic mass is 10.1. The molecule has 0 spiro atoms. The Morgan fingerprint density at radius 2 is 1.62 bits per heavy atom. The van der Waals surface area contributed by atoms with Crippen LogP contribution in [0.3, 0.4) is 0 Å². The van der Waals surface area contributed by atoms with E-state index in [1.807, 2.05) is 0 Å². The Kier molecular flexibility index (Phi) is 7.55. The first-order chi connectivity index (χ1) is 17.8. The number of amides is 3. The minimum Gasteiger partial charge on any atom is -0.495 e. The molecule has 4 rings (SSSR count). The molecule has 0 aliphatic carbocycles. The number of carbonyl (C=O) groups excluding carboxylic acids is 4. The van der Waals surface area contributed by atoms with Gasteiger partial charge in [-0.2, -0.15) is 0 Å². The average molecular weight is 520 g/mol. The molecule has 3 aromatic carbocycles. The van der Waals surface area contributed by atoms with Gasteiger partial charge in [0.1, 0.15) is 16.5 Å². The van der Waals surface area contributed by atoms with Gasteiger partial charge in [0.2, 0.25) is 0 Å². The lowest BCUT2D eigenvalue weighted by Crippen LogP contribution is -2.32. The van der Waals surface area contributed by atoms with Crippen molar-refractivity contribution in [3.8, 4) is 5.75 Å². The van der Waals surface area contributed by atoms with Crippen molar-refractivity contribution in [3.05, 3.63) is 94.7 Å². The van der Waals surface area contributed by atoms with Crippen molar-refractivity contribution < 1.29 is 28.7 Å². The first-order valence-electron chi connectivity index (χ1n) is 11.2. The Morgan fingerprint density at radius 1 is 0.892 bits per heavy atom. The van der Waals surface area contributed by atoms with Crippen molar-refractivity contribution in [2.24, 2.45) is 0 Å². The van der Waals surface area contributed by atoms with E-state index in [-0.39, 0.29) is 28.6 Å². The molecule has 37 heavy (non-hydrogen) atoms. The summed E-state index contributed by atoms with van der Waals surface area (Å²) >= 11 is 6.23. The van der Waals surface area contributed by atoms with Gasteiger partial charge in [-0.25, -0.2) is 9.69 Å². The highest BCUT2D eigenvalue weighted by atomic mass is 35.5. The van der Waals surface area contributed by atoms with Gasteiger partial charge >= 0.3 is 5.97 Å². The van der Waals surface area contributed by atoms with Gasteiger partial charge in [0.25, 0.3) is 17.7 Å². The number of halogens is 1. The van der Waals surface area contributed by atoms with Gasteiger partial charge in [0.05, 0.1) is 25.0 Å². The van der Waals surface area contributed by atoms with Gasteiger partial charge in [-0.05, 0) is 61.5 Å². The molecule has 0 unspecified atom stereocenters. The van der Waals surface area contributed by atoms with Crippen LogP contribution in [0, 0.1) is 0 Å². The van der Waals surface area contributed by atoms with Crippen LogP contribution in [0.5, 0.6) is 5.75 Å². The molecule has 188 valence electrons. The Balaban J connectivity index is 1.49. The number of rotatable bonds is 8. The highest BCUT2D eigenvalue weighted by Gasteiger charge is 2.40. The number of methoxy groups -OCH3 is 1. The number of esters is 1. The summed E-state index contributed by atoms with van der Waals surface area (Å²) in [7, 11) is 1.43. The summed E-state index contributed by atoms with van der Waals surface area (Å²) in [4.78, 5) is 51.4. The van der Waals surface area contributed by atoms with Crippen molar-refractivity contribution in [1.29, 1.82) is 0 Å². The molecule has 1 heterocycles. The number of para-hydroxylation sites is 2. The van der Waals surface area contributed by atoms with Crippen molar-refractivity contribution in [2.75, 3.05) is 29.3 Å². The fourth-order valence-corrected chi connectivity index (χ4v) is 3.85. The van der Waals surface area contributed by atoms with Crippen LogP contribution in [-0.4, -0.2) is 37.4 Å². The van der Waals surface area contributed by atoms with Crippen LogP contribution >= 0.6 is 11.6 Å². The molecule has 0 radical (unpaired) electrons. The molecule has 0 atom stereocenters. The highest BCUT2D eigenvalue weighted by molar-refractivity contribution is 6.53. The third-order valence-corrected chi connectivity index (χ3v) is 5.75. The van der Waals surface area contributed by atoms with E-state index < -0.39 is 23.7 Å². The van der Waals surface area contributed by atoms with Gasteiger partial charge in [-0.15, -0.1) is 0 Å². The fraction of sp³-hybridized carbons (Fsp3) is 0.111. The third-order valence-electron chi connectivity index (χ3n) is 5.40. The average Bonchev–Trinajstić information content (AvgIpc) is 3.12. The fourth-order valence-electron chi connectivity index (χ4n) is 3.63. The van der Waals surface area contributed by atoms with E-state index in [2.05, 4.69) is 10.6 Å². The molecule has 0 saturated heterocycles. The number of carbonyl (C=O) groups is 4. The van der Waals surface area contributed by atoms with E-state index in [0.29, 0.717) is 22.7 Å². The second kappa shape index (κ2) is 11.0. The Morgan fingerprint density at radius 3 is 2.32 bits per heavy atom. The molecule has 1 aliphatic rings. The van der Waals surface area contributed by atoms with Gasteiger partial charge in [-0.3, -0.25) is 14.4 Å². The highest BCUT2D eigenvalue weighted by Crippen LogP contribution is 2.35. The zero-order valence-corrected chi connectivity index (χ0v) is 20.7. The van der Waals surface area contributed by atoms with Crippen LogP contribution in [0.25, 0.3) is 0 Å². The van der Waals surface area contributed by atoms with Gasteiger partial charge < -0.3 is 20.1 Å². The molecule has 0 aromatic heterocycles. The molecule has 3 amide bonds. The second-order valence-electron chi connectivity index (χ2n) is 7.76. The van der Waals surface area contributed by atoms with E-state index in [0.717, 1.165) is 4.90 Å². The molecular formula is C27H22ClN3O6. The van der Waals surface area contributed by atoms with Gasteiger partial charge in [0.15, 0.2) is 0 Å². The van der Waals surface area contributed by atoms with E-state index in [9.17, 15) is 19.2 Å². The maximum Gasteiger partial charge on any atom is 0.338 e. The number of hydrogen-bond acceptors (Lipinski definition) is 7. The van der Waals surface area contributed by atoms with E-state index in [1.54, 1.807) is 73.7 Å². The van der Waals surface area contributed by atoms with E-state index in [1.165, 1.54) is 13.2 Å². The normalized spacial score (nSPS) is 13.0. The topological polar surface area (TPSA) is 114 Å². The number of ether oxygens (including phenoxy) is 2. The zero-order chi connectivity index (χ0) is 26.5. The quantitative estimate of drug-likeness (QED) is 0.331. The molecule has 0 fully saturated rings. The minimum absolute atomic E-state index is 0.121. The summed E-state index contributed by atoms with van der Waals surface area (Å²) in [6, 6.07) is 19.2. The second-order valence-corrected chi connectivity index (χ2v) is 8.14. The Labute approximate surface area is 217 Å². The molecule has 1 aliphatic heterocycles. The molecule has 3 aromatic rings. The lowest BCUT2D eigenvalue weighted by Gasteiger charge is -2.18. The van der Waals surface area contributed by atoms with Crippen molar-refractivity contribution in [1.82, 2.24) is 0 Å². The van der Waals surface area contributed by atoms with Crippen molar-refractivity contribution in [2.45, 2.75) is 6.92 Å². The zero-order valence-electron chi connectivity index (χ0n) is 19.9.